The molecule has 0 atom stereocenters. The molecule has 0 saturated carbocycles. The van der Waals surface area contributed by atoms with Crippen LogP contribution in [0.4, 0.5) is 0 Å². The van der Waals surface area contributed by atoms with E-state index < -0.39 is 10.0 Å². The highest BCUT2D eigenvalue weighted by molar-refractivity contribution is 7.89. The summed E-state index contributed by atoms with van der Waals surface area (Å²) in [5.41, 5.74) is -0.357. The Morgan fingerprint density at radius 2 is 1.95 bits per heavy atom. The Kier molecular flexibility index (Phi) is 4.72. The van der Waals surface area contributed by atoms with Crippen LogP contribution in [-0.4, -0.2) is 50.5 Å². The van der Waals surface area contributed by atoms with Gasteiger partial charge in [-0.1, -0.05) is 0 Å². The summed E-state index contributed by atoms with van der Waals surface area (Å²) in [4.78, 5) is 12.6. The fourth-order valence-electron chi connectivity index (χ4n) is 1.91. The summed E-state index contributed by atoms with van der Waals surface area (Å²) < 4.78 is 31.5. The van der Waals surface area contributed by atoms with E-state index in [0.29, 0.717) is 31.2 Å². The lowest BCUT2D eigenvalue weighted by molar-refractivity contribution is 0.0730. The van der Waals surface area contributed by atoms with Gasteiger partial charge in [0.25, 0.3) is 5.91 Å². The SMILES string of the molecule is CC(C)(C)NC(=O)c1cc(S(=O)(=O)N2CCOCC2)cs1. The molecule has 0 spiro atoms. The Balaban J connectivity index is 2.17. The zero-order chi connectivity index (χ0) is 15.7. The first-order valence-corrected chi connectivity index (χ1v) is 9.01. The normalized spacial score (nSPS) is 17.7. The highest BCUT2D eigenvalue weighted by atomic mass is 32.2. The number of ether oxygens (including phenoxy) is 1. The van der Waals surface area contributed by atoms with E-state index in [2.05, 4.69) is 5.32 Å². The fourth-order valence-corrected chi connectivity index (χ4v) is 4.48. The van der Waals surface area contributed by atoms with Gasteiger partial charge in [0.15, 0.2) is 0 Å². The minimum Gasteiger partial charge on any atom is -0.379 e. The number of thiophene rings is 1. The van der Waals surface area contributed by atoms with Crippen LogP contribution in [0, 0.1) is 0 Å². The molecule has 1 saturated heterocycles. The molecule has 6 nitrogen and oxygen atoms in total. The van der Waals surface area contributed by atoms with Crippen LogP contribution in [0.1, 0.15) is 30.4 Å². The maximum Gasteiger partial charge on any atom is 0.261 e. The van der Waals surface area contributed by atoms with Gasteiger partial charge in [-0.15, -0.1) is 11.3 Å². The molecule has 0 aliphatic carbocycles. The Bertz CT molecular complexity index is 610. The van der Waals surface area contributed by atoms with E-state index in [9.17, 15) is 13.2 Å². The van der Waals surface area contributed by atoms with Gasteiger partial charge in [0, 0.05) is 24.0 Å². The van der Waals surface area contributed by atoms with Crippen molar-refractivity contribution in [3.63, 3.8) is 0 Å². The number of nitrogens with one attached hydrogen (secondary N) is 1. The van der Waals surface area contributed by atoms with Crippen LogP contribution < -0.4 is 5.32 Å². The van der Waals surface area contributed by atoms with Crippen LogP contribution in [-0.2, 0) is 14.8 Å². The molecule has 2 rings (SSSR count). The third kappa shape index (κ3) is 4.03. The Hall–Kier alpha value is -0.960. The maximum absolute atomic E-state index is 12.5. The average molecular weight is 332 g/mol. The number of sulfonamides is 1. The second-order valence-corrected chi connectivity index (χ2v) is 8.72. The zero-order valence-electron chi connectivity index (χ0n) is 12.4. The second kappa shape index (κ2) is 6.04. The first-order chi connectivity index (χ1) is 9.70. The number of morpholine rings is 1. The minimum absolute atomic E-state index is 0.174. The van der Waals surface area contributed by atoms with Gasteiger partial charge in [0.05, 0.1) is 23.0 Å². The predicted octanol–water partition coefficient (Wildman–Crippen LogP) is 1.30. The molecule has 1 aromatic rings. The first-order valence-electron chi connectivity index (χ1n) is 6.69. The van der Waals surface area contributed by atoms with Crippen molar-refractivity contribution < 1.29 is 17.9 Å². The third-order valence-electron chi connectivity index (χ3n) is 2.90. The number of amides is 1. The highest BCUT2D eigenvalue weighted by Crippen LogP contribution is 2.23. The van der Waals surface area contributed by atoms with Gasteiger partial charge in [0.1, 0.15) is 0 Å². The number of carbonyl (C=O) groups excluding carboxylic acids is 1. The summed E-state index contributed by atoms with van der Waals surface area (Å²) in [7, 11) is -3.53. The molecule has 21 heavy (non-hydrogen) atoms. The van der Waals surface area contributed by atoms with Gasteiger partial charge in [-0.3, -0.25) is 4.79 Å². The first kappa shape index (κ1) is 16.4. The Labute approximate surface area is 129 Å². The van der Waals surface area contributed by atoms with Crippen molar-refractivity contribution in [2.24, 2.45) is 0 Å². The molecule has 8 heteroatoms. The fraction of sp³-hybridized carbons (Fsp3) is 0.615. The van der Waals surface area contributed by atoms with E-state index in [1.165, 1.54) is 15.8 Å². The Morgan fingerprint density at radius 1 is 1.33 bits per heavy atom. The molecular weight excluding hydrogens is 312 g/mol. The van der Waals surface area contributed by atoms with E-state index in [4.69, 9.17) is 4.74 Å². The van der Waals surface area contributed by atoms with Crippen molar-refractivity contribution in [2.45, 2.75) is 31.2 Å². The van der Waals surface area contributed by atoms with Crippen LogP contribution >= 0.6 is 11.3 Å². The summed E-state index contributed by atoms with van der Waals surface area (Å²) in [6.07, 6.45) is 0. The molecule has 1 N–H and O–H groups in total. The zero-order valence-corrected chi connectivity index (χ0v) is 14.0. The summed E-state index contributed by atoms with van der Waals surface area (Å²) >= 11 is 1.14. The Morgan fingerprint density at radius 3 is 2.52 bits per heavy atom. The summed E-state index contributed by atoms with van der Waals surface area (Å²) in [6.45, 7) is 7.14. The summed E-state index contributed by atoms with van der Waals surface area (Å²) in [6, 6.07) is 1.44. The topological polar surface area (TPSA) is 75.7 Å². The molecule has 1 aliphatic rings. The smallest absolute Gasteiger partial charge is 0.261 e. The van der Waals surface area contributed by atoms with Crippen molar-refractivity contribution in [1.82, 2.24) is 9.62 Å². The van der Waals surface area contributed by atoms with Gasteiger partial charge in [0.2, 0.25) is 10.0 Å². The molecule has 1 fully saturated rings. The lowest BCUT2D eigenvalue weighted by atomic mass is 10.1. The molecule has 1 aliphatic heterocycles. The quantitative estimate of drug-likeness (QED) is 0.905. The lowest BCUT2D eigenvalue weighted by Gasteiger charge is -2.25. The molecule has 2 heterocycles. The molecule has 118 valence electrons. The number of hydrogen-bond acceptors (Lipinski definition) is 5. The molecule has 1 aromatic heterocycles. The lowest BCUT2D eigenvalue weighted by Crippen LogP contribution is -2.41. The second-order valence-electron chi connectivity index (χ2n) is 5.87. The van der Waals surface area contributed by atoms with Gasteiger partial charge in [-0.25, -0.2) is 8.42 Å². The van der Waals surface area contributed by atoms with E-state index in [0.717, 1.165) is 11.3 Å². The molecular formula is C13H20N2O4S2. The van der Waals surface area contributed by atoms with Crippen LogP contribution in [0.3, 0.4) is 0 Å². The minimum atomic E-state index is -3.53. The van der Waals surface area contributed by atoms with Crippen molar-refractivity contribution in [3.8, 4) is 0 Å². The van der Waals surface area contributed by atoms with E-state index >= 15 is 0 Å². The number of hydrogen-bond donors (Lipinski definition) is 1. The van der Waals surface area contributed by atoms with E-state index in [1.807, 2.05) is 20.8 Å². The van der Waals surface area contributed by atoms with E-state index in [1.54, 1.807) is 0 Å². The predicted molar refractivity (Wildman–Crippen MR) is 81.1 cm³/mol. The van der Waals surface area contributed by atoms with Crippen LogP contribution in [0.5, 0.6) is 0 Å². The summed E-state index contributed by atoms with van der Waals surface area (Å²) in [5, 5.41) is 4.34. The monoisotopic (exact) mass is 332 g/mol. The van der Waals surface area contributed by atoms with Crippen LogP contribution in [0.2, 0.25) is 0 Å². The molecule has 0 aromatic carbocycles. The van der Waals surface area contributed by atoms with Gasteiger partial charge in [-0.05, 0) is 26.8 Å². The van der Waals surface area contributed by atoms with Crippen molar-refractivity contribution in [3.05, 3.63) is 16.3 Å². The van der Waals surface area contributed by atoms with E-state index in [-0.39, 0.29) is 16.3 Å². The number of nitrogens with zero attached hydrogens (tertiary/aromatic N) is 1. The molecule has 0 unspecified atom stereocenters. The number of rotatable bonds is 3. The van der Waals surface area contributed by atoms with Crippen molar-refractivity contribution >= 4 is 27.3 Å². The van der Waals surface area contributed by atoms with Gasteiger partial charge < -0.3 is 10.1 Å². The van der Waals surface area contributed by atoms with Gasteiger partial charge in [-0.2, -0.15) is 4.31 Å². The largest absolute Gasteiger partial charge is 0.379 e. The van der Waals surface area contributed by atoms with Gasteiger partial charge >= 0.3 is 0 Å². The molecule has 0 radical (unpaired) electrons. The molecule has 0 bridgehead atoms. The maximum atomic E-state index is 12.5. The third-order valence-corrected chi connectivity index (χ3v) is 5.85. The standard InChI is InChI=1S/C13H20N2O4S2/c1-13(2,3)14-12(16)11-8-10(9-20-11)21(17,18)15-4-6-19-7-5-15/h8-9H,4-7H2,1-3H3,(H,14,16). The highest BCUT2D eigenvalue weighted by Gasteiger charge is 2.28. The van der Waals surface area contributed by atoms with Crippen LogP contribution in [0.15, 0.2) is 16.3 Å². The molecule has 1 amide bonds. The average Bonchev–Trinajstić information content (AvgIpc) is 2.88. The van der Waals surface area contributed by atoms with Crippen molar-refractivity contribution in [2.75, 3.05) is 26.3 Å². The summed E-state index contributed by atoms with van der Waals surface area (Å²) in [5.74, 6) is -0.254. The van der Waals surface area contributed by atoms with Crippen LogP contribution in [0.25, 0.3) is 0 Å². The number of carbonyl (C=O) groups is 1. The van der Waals surface area contributed by atoms with Crippen molar-refractivity contribution in [1.29, 1.82) is 0 Å².